The SMILES string of the molecule is CC(C)N(C)S(=O)(=O)c1ccc(NC(=O)CN(C)C2CCCC2)cc1. The zero-order valence-electron chi connectivity index (χ0n) is 15.5. The second kappa shape index (κ2) is 8.29. The number of nitrogens with zero attached hydrogens (tertiary/aromatic N) is 2. The van der Waals surface area contributed by atoms with Gasteiger partial charge in [0.25, 0.3) is 0 Å². The summed E-state index contributed by atoms with van der Waals surface area (Å²) in [5.41, 5.74) is 0.607. The van der Waals surface area contributed by atoms with Crippen LogP contribution in [-0.4, -0.2) is 56.3 Å². The van der Waals surface area contributed by atoms with Crippen molar-refractivity contribution in [3.8, 4) is 0 Å². The van der Waals surface area contributed by atoms with Gasteiger partial charge in [0.15, 0.2) is 0 Å². The molecular formula is C18H29N3O3S. The summed E-state index contributed by atoms with van der Waals surface area (Å²) in [7, 11) is 0.0420. The van der Waals surface area contributed by atoms with Crippen molar-refractivity contribution in [1.29, 1.82) is 0 Å². The Hall–Kier alpha value is -1.44. The molecule has 0 spiro atoms. The highest BCUT2D eigenvalue weighted by molar-refractivity contribution is 7.89. The van der Waals surface area contributed by atoms with Gasteiger partial charge in [-0.15, -0.1) is 0 Å². The van der Waals surface area contributed by atoms with Gasteiger partial charge in [0.05, 0.1) is 11.4 Å². The monoisotopic (exact) mass is 367 g/mol. The first-order chi connectivity index (χ1) is 11.7. The first-order valence-electron chi connectivity index (χ1n) is 8.80. The number of anilines is 1. The predicted molar refractivity (Wildman–Crippen MR) is 100 cm³/mol. The average Bonchev–Trinajstić information content (AvgIpc) is 3.09. The zero-order chi connectivity index (χ0) is 18.6. The van der Waals surface area contributed by atoms with Crippen LogP contribution in [0.1, 0.15) is 39.5 Å². The van der Waals surface area contributed by atoms with E-state index in [1.54, 1.807) is 19.2 Å². The third-order valence-electron chi connectivity index (χ3n) is 4.88. The van der Waals surface area contributed by atoms with E-state index in [1.807, 2.05) is 20.9 Å². The third kappa shape index (κ3) is 5.03. The Morgan fingerprint density at radius 3 is 2.24 bits per heavy atom. The minimum absolute atomic E-state index is 0.0793. The first kappa shape index (κ1) is 19.9. The molecule has 1 aliphatic carbocycles. The van der Waals surface area contributed by atoms with Crippen molar-refractivity contribution in [2.24, 2.45) is 0 Å². The number of hydrogen-bond donors (Lipinski definition) is 1. The normalized spacial score (nSPS) is 16.1. The van der Waals surface area contributed by atoms with Crippen LogP contribution in [0.3, 0.4) is 0 Å². The number of likely N-dealkylation sites (N-methyl/N-ethyl adjacent to an activating group) is 1. The minimum Gasteiger partial charge on any atom is -0.325 e. The molecule has 1 aromatic carbocycles. The molecule has 1 fully saturated rings. The Labute approximate surface area is 151 Å². The summed E-state index contributed by atoms with van der Waals surface area (Å²) in [4.78, 5) is 14.5. The molecule has 140 valence electrons. The molecule has 0 unspecified atom stereocenters. The van der Waals surface area contributed by atoms with Crippen LogP contribution < -0.4 is 5.32 Å². The van der Waals surface area contributed by atoms with E-state index in [-0.39, 0.29) is 16.8 Å². The van der Waals surface area contributed by atoms with Crippen molar-refractivity contribution in [3.05, 3.63) is 24.3 Å². The zero-order valence-corrected chi connectivity index (χ0v) is 16.3. The Kier molecular flexibility index (Phi) is 6.59. The predicted octanol–water partition coefficient (Wildman–Crippen LogP) is 2.53. The lowest BCUT2D eigenvalue weighted by Gasteiger charge is -2.23. The van der Waals surface area contributed by atoms with Crippen LogP contribution in [0.15, 0.2) is 29.2 Å². The minimum atomic E-state index is -3.50. The van der Waals surface area contributed by atoms with Crippen LogP contribution in [0.2, 0.25) is 0 Å². The smallest absolute Gasteiger partial charge is 0.243 e. The molecule has 25 heavy (non-hydrogen) atoms. The standard InChI is InChI=1S/C18H29N3O3S/c1-14(2)21(4)25(23,24)17-11-9-15(10-12-17)19-18(22)13-20(3)16-7-5-6-8-16/h9-12,14,16H,5-8,13H2,1-4H3,(H,19,22). The van der Waals surface area contributed by atoms with Gasteiger partial charge in [-0.05, 0) is 58.0 Å². The number of hydrogen-bond acceptors (Lipinski definition) is 4. The van der Waals surface area contributed by atoms with E-state index in [9.17, 15) is 13.2 Å². The number of rotatable bonds is 7. The van der Waals surface area contributed by atoms with Gasteiger partial charge in [-0.2, -0.15) is 4.31 Å². The number of amides is 1. The molecule has 2 rings (SSSR count). The van der Waals surface area contributed by atoms with Crippen LogP contribution in [0.5, 0.6) is 0 Å². The molecule has 7 heteroatoms. The summed E-state index contributed by atoms with van der Waals surface area (Å²) in [6, 6.07) is 6.71. The summed E-state index contributed by atoms with van der Waals surface area (Å²) < 4.78 is 26.2. The molecule has 0 aliphatic heterocycles. The average molecular weight is 368 g/mol. The van der Waals surface area contributed by atoms with Gasteiger partial charge in [0.1, 0.15) is 0 Å². The molecule has 0 bridgehead atoms. The molecule has 0 atom stereocenters. The highest BCUT2D eigenvalue weighted by Gasteiger charge is 2.23. The van der Waals surface area contributed by atoms with Crippen molar-refractivity contribution in [2.45, 2.75) is 56.5 Å². The summed E-state index contributed by atoms with van der Waals surface area (Å²) in [5.74, 6) is -0.0793. The van der Waals surface area contributed by atoms with Gasteiger partial charge >= 0.3 is 0 Å². The molecule has 1 N–H and O–H groups in total. The van der Waals surface area contributed by atoms with Crippen LogP contribution in [-0.2, 0) is 14.8 Å². The van der Waals surface area contributed by atoms with Gasteiger partial charge < -0.3 is 5.32 Å². The summed E-state index contributed by atoms with van der Waals surface area (Å²) in [6.45, 7) is 4.00. The van der Waals surface area contributed by atoms with Crippen LogP contribution in [0.4, 0.5) is 5.69 Å². The Morgan fingerprint density at radius 1 is 1.16 bits per heavy atom. The molecule has 1 amide bonds. The summed E-state index contributed by atoms with van der Waals surface area (Å²) in [6.07, 6.45) is 4.77. The third-order valence-corrected chi connectivity index (χ3v) is 6.93. The maximum absolute atomic E-state index is 12.4. The lowest BCUT2D eigenvalue weighted by Crippen LogP contribution is -2.36. The lowest BCUT2D eigenvalue weighted by atomic mass is 10.2. The van der Waals surface area contributed by atoms with E-state index in [2.05, 4.69) is 10.2 Å². The van der Waals surface area contributed by atoms with Gasteiger partial charge in [0.2, 0.25) is 15.9 Å². The van der Waals surface area contributed by atoms with Crippen molar-refractivity contribution in [1.82, 2.24) is 9.21 Å². The first-order valence-corrected chi connectivity index (χ1v) is 10.2. The maximum atomic E-state index is 12.4. The second-order valence-corrected chi connectivity index (χ2v) is 9.04. The Bertz CT molecular complexity index is 680. The maximum Gasteiger partial charge on any atom is 0.243 e. The Balaban J connectivity index is 1.96. The van der Waals surface area contributed by atoms with E-state index < -0.39 is 10.0 Å². The number of carbonyl (C=O) groups excluding carboxylic acids is 1. The number of nitrogens with one attached hydrogen (secondary N) is 1. The van der Waals surface area contributed by atoms with E-state index >= 15 is 0 Å². The Morgan fingerprint density at radius 2 is 1.72 bits per heavy atom. The van der Waals surface area contributed by atoms with Crippen LogP contribution in [0, 0.1) is 0 Å². The van der Waals surface area contributed by atoms with Crippen LogP contribution >= 0.6 is 0 Å². The van der Waals surface area contributed by atoms with Gasteiger partial charge in [0, 0.05) is 24.8 Å². The van der Waals surface area contributed by atoms with Crippen LogP contribution in [0.25, 0.3) is 0 Å². The van der Waals surface area contributed by atoms with E-state index in [4.69, 9.17) is 0 Å². The molecular weight excluding hydrogens is 338 g/mol. The number of benzene rings is 1. The number of sulfonamides is 1. The molecule has 0 radical (unpaired) electrons. The molecule has 1 saturated carbocycles. The quantitative estimate of drug-likeness (QED) is 0.804. The van der Waals surface area contributed by atoms with Gasteiger partial charge in [-0.1, -0.05) is 12.8 Å². The van der Waals surface area contributed by atoms with E-state index in [0.29, 0.717) is 18.3 Å². The van der Waals surface area contributed by atoms with Crippen molar-refractivity contribution < 1.29 is 13.2 Å². The molecule has 0 saturated heterocycles. The van der Waals surface area contributed by atoms with Crippen molar-refractivity contribution in [3.63, 3.8) is 0 Å². The van der Waals surface area contributed by atoms with Gasteiger partial charge in [-0.3, -0.25) is 9.69 Å². The summed E-state index contributed by atoms with van der Waals surface area (Å²) in [5, 5.41) is 2.84. The fraction of sp³-hybridized carbons (Fsp3) is 0.611. The molecule has 0 heterocycles. The molecule has 1 aliphatic rings. The van der Waals surface area contributed by atoms with Crippen molar-refractivity contribution in [2.75, 3.05) is 26.0 Å². The fourth-order valence-corrected chi connectivity index (χ4v) is 4.42. The molecule has 1 aromatic rings. The fourth-order valence-electron chi connectivity index (χ4n) is 3.06. The van der Waals surface area contributed by atoms with Crippen molar-refractivity contribution >= 4 is 21.6 Å². The lowest BCUT2D eigenvalue weighted by molar-refractivity contribution is -0.117. The molecule has 6 nitrogen and oxygen atoms in total. The molecule has 0 aromatic heterocycles. The topological polar surface area (TPSA) is 69.7 Å². The second-order valence-electron chi connectivity index (χ2n) is 7.04. The highest BCUT2D eigenvalue weighted by atomic mass is 32.2. The highest BCUT2D eigenvalue weighted by Crippen LogP contribution is 2.22. The number of carbonyl (C=O) groups is 1. The van der Waals surface area contributed by atoms with E-state index in [0.717, 1.165) is 12.8 Å². The van der Waals surface area contributed by atoms with Gasteiger partial charge in [-0.25, -0.2) is 8.42 Å². The van der Waals surface area contributed by atoms with E-state index in [1.165, 1.54) is 29.3 Å². The largest absolute Gasteiger partial charge is 0.325 e. The summed E-state index contributed by atoms with van der Waals surface area (Å²) >= 11 is 0.